The topological polar surface area (TPSA) is 92.5 Å². The fraction of sp³-hybridized carbons (Fsp3) is 0.308. The molecule has 0 aliphatic carbocycles. The number of rotatable bonds is 6. The van der Waals surface area contributed by atoms with Gasteiger partial charge in [-0.2, -0.15) is 4.31 Å². The summed E-state index contributed by atoms with van der Waals surface area (Å²) in [5.74, 6) is -2.00. The molecule has 190 valence electrons. The van der Waals surface area contributed by atoms with Gasteiger partial charge in [0.2, 0.25) is 15.9 Å². The summed E-state index contributed by atoms with van der Waals surface area (Å²) >= 11 is 0. The number of halogens is 2. The van der Waals surface area contributed by atoms with Gasteiger partial charge in [0.15, 0.2) is 10.7 Å². The molecule has 10 heteroatoms. The second-order valence-corrected chi connectivity index (χ2v) is 10.9. The number of carbonyl (C=O) groups excluding carboxylic acids is 1. The van der Waals surface area contributed by atoms with Crippen LogP contribution in [0.4, 0.5) is 14.5 Å². The lowest BCUT2D eigenvalue weighted by Crippen LogP contribution is -2.41. The van der Waals surface area contributed by atoms with E-state index in [1.807, 2.05) is 32.0 Å². The van der Waals surface area contributed by atoms with Crippen LogP contribution in [0.2, 0.25) is 0 Å². The average molecular weight is 516 g/mol. The fourth-order valence-electron chi connectivity index (χ4n) is 4.38. The van der Waals surface area contributed by atoms with Crippen molar-refractivity contribution in [3.63, 3.8) is 0 Å². The van der Waals surface area contributed by atoms with Crippen molar-refractivity contribution >= 4 is 33.8 Å². The molecule has 0 spiro atoms. The quantitative estimate of drug-likeness (QED) is 0.494. The normalized spacial score (nSPS) is 15.5. The Morgan fingerprint density at radius 2 is 1.72 bits per heavy atom. The van der Waals surface area contributed by atoms with Crippen molar-refractivity contribution in [2.45, 2.75) is 38.5 Å². The van der Waals surface area contributed by atoms with Gasteiger partial charge < -0.3 is 9.84 Å². The molecular weight excluding hydrogens is 488 g/mol. The number of sulfonamides is 1. The SMILES string of the molecule is Cc1cc(C)cc(NC(=O)C2CCN(S(=O)(=O)c3c(C)noc3/C=C/c3ccc(F)cc3F)CC2)c1. The summed E-state index contributed by atoms with van der Waals surface area (Å²) in [6.07, 6.45) is 3.34. The Kier molecular flexibility index (Phi) is 7.37. The van der Waals surface area contributed by atoms with Gasteiger partial charge in [0.25, 0.3) is 0 Å². The highest BCUT2D eigenvalue weighted by atomic mass is 32.2. The average Bonchev–Trinajstić information content (AvgIpc) is 3.19. The number of anilines is 1. The Labute approximate surface area is 208 Å². The van der Waals surface area contributed by atoms with Gasteiger partial charge >= 0.3 is 0 Å². The van der Waals surface area contributed by atoms with Crippen LogP contribution in [0.5, 0.6) is 0 Å². The van der Waals surface area contributed by atoms with E-state index in [0.29, 0.717) is 12.8 Å². The van der Waals surface area contributed by atoms with E-state index in [9.17, 15) is 22.0 Å². The van der Waals surface area contributed by atoms with Gasteiger partial charge in [0.05, 0.1) is 0 Å². The molecule has 1 aliphatic rings. The summed E-state index contributed by atoms with van der Waals surface area (Å²) in [5.41, 5.74) is 3.06. The van der Waals surface area contributed by atoms with Crippen LogP contribution in [0.25, 0.3) is 12.2 Å². The Morgan fingerprint density at radius 3 is 2.36 bits per heavy atom. The minimum absolute atomic E-state index is 0.0501. The number of piperidine rings is 1. The number of nitrogens with zero attached hydrogens (tertiary/aromatic N) is 2. The molecule has 3 aromatic rings. The van der Waals surface area contributed by atoms with E-state index in [2.05, 4.69) is 10.5 Å². The number of hydrogen-bond acceptors (Lipinski definition) is 5. The molecule has 0 atom stereocenters. The number of hydrogen-bond donors (Lipinski definition) is 1. The van der Waals surface area contributed by atoms with Gasteiger partial charge in [-0.05, 0) is 81.2 Å². The first kappa shape index (κ1) is 25.7. The maximum absolute atomic E-state index is 14.0. The first-order valence-electron chi connectivity index (χ1n) is 11.5. The van der Waals surface area contributed by atoms with Gasteiger partial charge in [-0.3, -0.25) is 4.79 Å². The molecule has 7 nitrogen and oxygen atoms in total. The predicted octanol–water partition coefficient (Wildman–Crippen LogP) is 5.09. The maximum atomic E-state index is 14.0. The lowest BCUT2D eigenvalue weighted by Gasteiger charge is -2.30. The zero-order valence-corrected chi connectivity index (χ0v) is 21.0. The van der Waals surface area contributed by atoms with Crippen LogP contribution in [0.15, 0.2) is 45.8 Å². The number of amides is 1. The van der Waals surface area contributed by atoms with Crippen LogP contribution in [0.3, 0.4) is 0 Å². The zero-order chi connectivity index (χ0) is 26.0. The van der Waals surface area contributed by atoms with Crippen LogP contribution >= 0.6 is 0 Å². The van der Waals surface area contributed by atoms with E-state index < -0.39 is 21.7 Å². The van der Waals surface area contributed by atoms with E-state index in [0.717, 1.165) is 28.9 Å². The molecule has 1 N–H and O–H groups in total. The molecule has 1 amide bonds. The first-order valence-corrected chi connectivity index (χ1v) is 13.0. The van der Waals surface area contributed by atoms with Gasteiger partial charge in [0, 0.05) is 36.3 Å². The van der Waals surface area contributed by atoms with Crippen LogP contribution in [-0.4, -0.2) is 36.9 Å². The summed E-state index contributed by atoms with van der Waals surface area (Å²) in [5, 5.41) is 6.72. The van der Waals surface area contributed by atoms with E-state index in [-0.39, 0.29) is 46.8 Å². The lowest BCUT2D eigenvalue weighted by molar-refractivity contribution is -0.120. The van der Waals surface area contributed by atoms with Crippen LogP contribution in [0.1, 0.15) is 41.0 Å². The largest absolute Gasteiger partial charge is 0.355 e. The highest BCUT2D eigenvalue weighted by molar-refractivity contribution is 7.89. The number of aromatic nitrogens is 1. The molecule has 0 saturated carbocycles. The van der Waals surface area contributed by atoms with E-state index in [1.54, 1.807) is 0 Å². The van der Waals surface area contributed by atoms with Crippen LogP contribution < -0.4 is 5.32 Å². The minimum atomic E-state index is -3.98. The lowest BCUT2D eigenvalue weighted by atomic mass is 9.97. The molecule has 0 unspecified atom stereocenters. The van der Waals surface area contributed by atoms with Gasteiger partial charge in [-0.25, -0.2) is 17.2 Å². The summed E-state index contributed by atoms with van der Waals surface area (Å²) in [6.45, 7) is 5.74. The number of nitrogens with one attached hydrogen (secondary N) is 1. The third-order valence-corrected chi connectivity index (χ3v) is 8.18. The molecule has 36 heavy (non-hydrogen) atoms. The molecular formula is C26H27F2N3O4S. The third kappa shape index (κ3) is 5.55. The number of carbonyl (C=O) groups is 1. The van der Waals surface area contributed by atoms with E-state index >= 15 is 0 Å². The molecule has 0 bridgehead atoms. The second kappa shape index (κ2) is 10.3. The molecule has 1 aromatic heterocycles. The van der Waals surface area contributed by atoms with E-state index in [4.69, 9.17) is 4.52 Å². The summed E-state index contributed by atoms with van der Waals surface area (Å²) in [6, 6.07) is 8.89. The number of benzene rings is 2. The second-order valence-electron chi connectivity index (χ2n) is 9.00. The Bertz CT molecular complexity index is 1400. The predicted molar refractivity (Wildman–Crippen MR) is 133 cm³/mol. The summed E-state index contributed by atoms with van der Waals surface area (Å²) < 4.78 is 60.5. The molecule has 1 fully saturated rings. The van der Waals surface area contributed by atoms with Gasteiger partial charge in [-0.15, -0.1) is 0 Å². The molecule has 2 heterocycles. The summed E-state index contributed by atoms with van der Waals surface area (Å²) in [4.78, 5) is 12.7. The smallest absolute Gasteiger partial charge is 0.248 e. The van der Waals surface area contributed by atoms with Gasteiger partial charge in [0.1, 0.15) is 17.3 Å². The Balaban J connectivity index is 1.46. The molecule has 2 aromatic carbocycles. The fourth-order valence-corrected chi connectivity index (χ4v) is 6.10. The molecule has 1 aliphatic heterocycles. The van der Waals surface area contributed by atoms with E-state index in [1.165, 1.54) is 29.4 Å². The minimum Gasteiger partial charge on any atom is -0.355 e. The first-order chi connectivity index (χ1) is 17.0. The standard InChI is InChI=1S/C26H27F2N3O4S/c1-16-12-17(2)14-22(13-16)29-26(32)20-8-10-31(11-9-20)36(33,34)25-18(3)30-35-24(25)7-5-19-4-6-21(27)15-23(19)28/h4-7,12-15,20H,8-11H2,1-3H3,(H,29,32)/b7-5+. The van der Waals surface area contributed by atoms with Crippen molar-refractivity contribution in [3.8, 4) is 0 Å². The van der Waals surface area contributed by atoms with Crippen LogP contribution in [0, 0.1) is 38.3 Å². The molecule has 0 radical (unpaired) electrons. The number of aryl methyl sites for hydroxylation is 3. The van der Waals surface area contributed by atoms with Gasteiger partial charge in [-0.1, -0.05) is 11.2 Å². The van der Waals surface area contributed by atoms with Crippen molar-refractivity contribution in [2.24, 2.45) is 5.92 Å². The highest BCUT2D eigenvalue weighted by Crippen LogP contribution is 2.30. The summed E-state index contributed by atoms with van der Waals surface area (Å²) in [7, 11) is -3.98. The van der Waals surface area contributed by atoms with Crippen molar-refractivity contribution in [1.82, 2.24) is 9.46 Å². The molecule has 1 saturated heterocycles. The highest BCUT2D eigenvalue weighted by Gasteiger charge is 2.36. The third-order valence-electron chi connectivity index (χ3n) is 6.12. The molecule has 4 rings (SSSR count). The maximum Gasteiger partial charge on any atom is 0.248 e. The zero-order valence-electron chi connectivity index (χ0n) is 20.2. The van der Waals surface area contributed by atoms with Crippen molar-refractivity contribution < 1.29 is 26.5 Å². The van der Waals surface area contributed by atoms with Crippen molar-refractivity contribution in [2.75, 3.05) is 18.4 Å². The monoisotopic (exact) mass is 515 g/mol. The Morgan fingerprint density at radius 1 is 1.06 bits per heavy atom. The van der Waals surface area contributed by atoms with Crippen LogP contribution in [-0.2, 0) is 14.8 Å². The van der Waals surface area contributed by atoms with Crippen molar-refractivity contribution in [1.29, 1.82) is 0 Å². The van der Waals surface area contributed by atoms with Crippen molar-refractivity contribution in [3.05, 3.63) is 76.2 Å². The Hall–Kier alpha value is -3.37.